The van der Waals surface area contributed by atoms with Gasteiger partial charge in [-0.2, -0.15) is 0 Å². The Balaban J connectivity index is 1.93. The van der Waals surface area contributed by atoms with Crippen LogP contribution in [0.15, 0.2) is 18.2 Å². The van der Waals surface area contributed by atoms with Crippen LogP contribution in [-0.2, 0) is 15.9 Å². The van der Waals surface area contributed by atoms with Gasteiger partial charge in [-0.25, -0.2) is 5.84 Å². The molecular weight excluding hydrogens is 255 g/mol. The lowest BCUT2D eigenvalue weighted by Crippen LogP contribution is -2.41. The summed E-state index contributed by atoms with van der Waals surface area (Å²) < 4.78 is 12.0. The summed E-state index contributed by atoms with van der Waals surface area (Å²) in [7, 11) is -0.454. The number of nitrogens with two attached hydrogens (primary N) is 1. The molecule has 3 rings (SSSR count). The van der Waals surface area contributed by atoms with Crippen LogP contribution in [0.25, 0.3) is 0 Å². The van der Waals surface area contributed by atoms with Crippen LogP contribution >= 0.6 is 0 Å². The van der Waals surface area contributed by atoms with E-state index in [2.05, 4.69) is 0 Å². The summed E-state index contributed by atoms with van der Waals surface area (Å²) >= 11 is 0. The third kappa shape index (κ3) is 1.87. The van der Waals surface area contributed by atoms with Crippen LogP contribution < -0.4 is 11.3 Å². The monoisotopic (exact) mass is 274 g/mol. The molecule has 0 spiro atoms. The lowest BCUT2D eigenvalue weighted by molar-refractivity contribution is 0.00578. The first-order chi connectivity index (χ1) is 9.21. The van der Waals surface area contributed by atoms with Gasteiger partial charge in [-0.05, 0) is 44.8 Å². The van der Waals surface area contributed by atoms with Crippen LogP contribution in [0.2, 0.25) is 0 Å². The second-order valence-corrected chi connectivity index (χ2v) is 6.44. The normalized spacial score (nSPS) is 23.4. The first-order valence-corrected chi connectivity index (χ1v) is 6.76. The van der Waals surface area contributed by atoms with Crippen molar-refractivity contribution in [2.24, 2.45) is 5.84 Å². The zero-order chi connectivity index (χ0) is 14.7. The molecule has 2 aliphatic rings. The molecule has 0 aliphatic carbocycles. The minimum absolute atomic E-state index is 0.154. The summed E-state index contributed by atoms with van der Waals surface area (Å²) in [5.41, 5.74) is 1.66. The Bertz CT molecular complexity index is 570. The number of hydrogen-bond donors (Lipinski definition) is 1. The number of hydrogen-bond acceptors (Lipinski definition) is 4. The van der Waals surface area contributed by atoms with Gasteiger partial charge in [0.25, 0.3) is 5.91 Å². The van der Waals surface area contributed by atoms with Crippen molar-refractivity contribution >= 4 is 18.5 Å². The van der Waals surface area contributed by atoms with Crippen molar-refractivity contribution in [3.63, 3.8) is 0 Å². The quantitative estimate of drug-likeness (QED) is 0.467. The fraction of sp³-hybridized carbons (Fsp3) is 0.500. The molecule has 1 aromatic carbocycles. The highest BCUT2D eigenvalue weighted by Gasteiger charge is 2.51. The Morgan fingerprint density at radius 3 is 2.40 bits per heavy atom. The van der Waals surface area contributed by atoms with Crippen molar-refractivity contribution in [2.45, 2.75) is 45.4 Å². The highest BCUT2D eigenvalue weighted by Crippen LogP contribution is 2.36. The van der Waals surface area contributed by atoms with Gasteiger partial charge in [0.05, 0.1) is 17.7 Å². The molecule has 1 fully saturated rings. The highest BCUT2D eigenvalue weighted by molar-refractivity contribution is 6.62. The zero-order valence-electron chi connectivity index (χ0n) is 12.3. The number of hydrazine groups is 1. The van der Waals surface area contributed by atoms with Gasteiger partial charge >= 0.3 is 7.12 Å². The number of nitrogens with zero attached hydrogens (tertiary/aromatic N) is 1. The Morgan fingerprint density at radius 1 is 1.20 bits per heavy atom. The van der Waals surface area contributed by atoms with Gasteiger partial charge in [-0.15, -0.1) is 0 Å². The van der Waals surface area contributed by atoms with E-state index in [9.17, 15) is 4.79 Å². The van der Waals surface area contributed by atoms with E-state index in [0.29, 0.717) is 12.1 Å². The van der Waals surface area contributed by atoms with Crippen LogP contribution in [0.4, 0.5) is 0 Å². The molecule has 2 N–H and O–H groups in total. The SMILES string of the molecule is CC1(C)OB(c2ccc3c(c2)C(=O)N(N)C3)OC1(C)C. The van der Waals surface area contributed by atoms with E-state index < -0.39 is 7.12 Å². The maximum absolute atomic E-state index is 11.9. The Hall–Kier alpha value is -1.37. The minimum Gasteiger partial charge on any atom is -0.399 e. The molecule has 2 aliphatic heterocycles. The fourth-order valence-electron chi connectivity index (χ4n) is 2.47. The summed E-state index contributed by atoms with van der Waals surface area (Å²) in [4.78, 5) is 11.9. The summed E-state index contributed by atoms with van der Waals surface area (Å²) in [6.07, 6.45) is 0. The average Bonchev–Trinajstić information content (AvgIpc) is 2.74. The van der Waals surface area contributed by atoms with Crippen molar-refractivity contribution in [1.82, 2.24) is 5.01 Å². The predicted molar refractivity (Wildman–Crippen MR) is 76.2 cm³/mol. The molecule has 106 valence electrons. The topological polar surface area (TPSA) is 64.8 Å². The number of carbonyl (C=O) groups is 1. The first kappa shape index (κ1) is 13.6. The van der Waals surface area contributed by atoms with E-state index in [1.807, 2.05) is 45.9 Å². The van der Waals surface area contributed by atoms with Crippen LogP contribution in [0.1, 0.15) is 43.6 Å². The molecule has 20 heavy (non-hydrogen) atoms. The van der Waals surface area contributed by atoms with Gasteiger partial charge in [0.15, 0.2) is 0 Å². The molecule has 0 atom stereocenters. The largest absolute Gasteiger partial charge is 0.494 e. The number of carbonyl (C=O) groups excluding carboxylic acids is 1. The van der Waals surface area contributed by atoms with Crippen molar-refractivity contribution in [3.05, 3.63) is 29.3 Å². The van der Waals surface area contributed by atoms with Crippen LogP contribution in [0.5, 0.6) is 0 Å². The number of benzene rings is 1. The second-order valence-electron chi connectivity index (χ2n) is 6.44. The van der Waals surface area contributed by atoms with E-state index in [-0.39, 0.29) is 17.1 Å². The lowest BCUT2D eigenvalue weighted by Gasteiger charge is -2.32. The summed E-state index contributed by atoms with van der Waals surface area (Å²) in [6.45, 7) is 8.48. The molecule has 1 aromatic rings. The summed E-state index contributed by atoms with van der Waals surface area (Å²) in [5, 5.41) is 1.22. The van der Waals surface area contributed by atoms with Gasteiger partial charge < -0.3 is 9.31 Å². The molecule has 0 aromatic heterocycles. The van der Waals surface area contributed by atoms with Crippen LogP contribution in [0.3, 0.4) is 0 Å². The van der Waals surface area contributed by atoms with Crippen molar-refractivity contribution in [2.75, 3.05) is 0 Å². The highest BCUT2D eigenvalue weighted by atomic mass is 16.7. The third-order valence-electron chi connectivity index (χ3n) is 4.49. The molecule has 6 heteroatoms. The zero-order valence-corrected chi connectivity index (χ0v) is 12.3. The Labute approximate surface area is 119 Å². The predicted octanol–water partition coefficient (Wildman–Crippen LogP) is 0.815. The van der Waals surface area contributed by atoms with Gasteiger partial charge in [0.2, 0.25) is 0 Å². The van der Waals surface area contributed by atoms with Gasteiger partial charge in [0.1, 0.15) is 0 Å². The molecule has 0 radical (unpaired) electrons. The molecule has 1 amide bonds. The average molecular weight is 274 g/mol. The van der Waals surface area contributed by atoms with E-state index in [4.69, 9.17) is 15.2 Å². The van der Waals surface area contributed by atoms with Crippen molar-refractivity contribution < 1.29 is 14.1 Å². The number of fused-ring (bicyclic) bond motifs is 1. The van der Waals surface area contributed by atoms with Crippen molar-refractivity contribution in [3.8, 4) is 0 Å². The maximum atomic E-state index is 11.9. The Morgan fingerprint density at radius 2 is 1.80 bits per heavy atom. The second kappa shape index (κ2) is 4.07. The smallest absolute Gasteiger partial charge is 0.399 e. The summed E-state index contributed by atoms with van der Waals surface area (Å²) in [5.74, 6) is 5.49. The molecule has 0 saturated carbocycles. The standard InChI is InChI=1S/C14H19BN2O3/c1-13(2)14(3,4)20-15(19-13)10-6-5-9-8-17(16)12(18)11(9)7-10/h5-7H,8,16H2,1-4H3. The van der Waals surface area contributed by atoms with Gasteiger partial charge in [0, 0.05) is 5.56 Å². The summed E-state index contributed by atoms with van der Waals surface area (Å²) in [6, 6.07) is 5.68. The Kier molecular flexibility index (Phi) is 2.77. The number of amides is 1. The molecule has 0 bridgehead atoms. The fourth-order valence-corrected chi connectivity index (χ4v) is 2.47. The first-order valence-electron chi connectivity index (χ1n) is 6.76. The number of rotatable bonds is 1. The van der Waals surface area contributed by atoms with Gasteiger partial charge in [-0.1, -0.05) is 12.1 Å². The minimum atomic E-state index is -0.454. The van der Waals surface area contributed by atoms with Gasteiger partial charge in [-0.3, -0.25) is 9.80 Å². The maximum Gasteiger partial charge on any atom is 0.494 e. The molecule has 5 nitrogen and oxygen atoms in total. The van der Waals surface area contributed by atoms with Crippen LogP contribution in [0, 0.1) is 0 Å². The van der Waals surface area contributed by atoms with Crippen LogP contribution in [-0.4, -0.2) is 29.2 Å². The lowest BCUT2D eigenvalue weighted by atomic mass is 9.78. The van der Waals surface area contributed by atoms with E-state index >= 15 is 0 Å². The van der Waals surface area contributed by atoms with E-state index in [1.54, 1.807) is 0 Å². The molecule has 0 unspecified atom stereocenters. The molecule has 2 heterocycles. The van der Waals surface area contributed by atoms with Crippen molar-refractivity contribution in [1.29, 1.82) is 0 Å². The van der Waals surface area contributed by atoms with E-state index in [0.717, 1.165) is 11.0 Å². The molecular formula is C14H19BN2O3. The third-order valence-corrected chi connectivity index (χ3v) is 4.49. The molecule has 1 saturated heterocycles. The van der Waals surface area contributed by atoms with E-state index in [1.165, 1.54) is 5.01 Å².